The molecule has 0 spiro atoms. The lowest BCUT2D eigenvalue weighted by atomic mass is 10.2. The summed E-state index contributed by atoms with van der Waals surface area (Å²) in [7, 11) is 0. The Morgan fingerprint density at radius 2 is 1.61 bits per heavy atom. The third kappa shape index (κ3) is 6.21. The molecule has 2 aromatic carbocycles. The van der Waals surface area contributed by atoms with Crippen molar-refractivity contribution < 1.29 is 9.59 Å². The van der Waals surface area contributed by atoms with Gasteiger partial charge < -0.3 is 15.5 Å². The highest BCUT2D eigenvalue weighted by molar-refractivity contribution is 7.99. The number of amides is 3. The van der Waals surface area contributed by atoms with Crippen LogP contribution in [0.15, 0.2) is 48.5 Å². The van der Waals surface area contributed by atoms with E-state index in [1.165, 1.54) is 17.5 Å². The molecule has 1 aromatic heterocycles. The van der Waals surface area contributed by atoms with Crippen molar-refractivity contribution in [2.45, 2.75) is 31.4 Å². The van der Waals surface area contributed by atoms with E-state index in [0.717, 1.165) is 47.8 Å². The van der Waals surface area contributed by atoms with Crippen LogP contribution in [0.2, 0.25) is 0 Å². The number of nitrogens with zero attached hydrogens (tertiary/aromatic N) is 2. The van der Waals surface area contributed by atoms with Gasteiger partial charge >= 0.3 is 6.03 Å². The molecular formula is C23H26N4O2S2. The number of fused-ring (bicyclic) bond motifs is 1. The van der Waals surface area contributed by atoms with Crippen molar-refractivity contribution in [3.63, 3.8) is 0 Å². The number of carbonyl (C=O) groups excluding carboxylic acids is 2. The second-order valence-corrected chi connectivity index (χ2v) is 9.63. The van der Waals surface area contributed by atoms with Crippen molar-refractivity contribution in [3.05, 3.63) is 53.5 Å². The minimum Gasteiger partial charge on any atom is -0.325 e. The molecule has 8 heteroatoms. The molecule has 6 nitrogen and oxygen atoms in total. The summed E-state index contributed by atoms with van der Waals surface area (Å²) in [5, 5.41) is 6.89. The molecule has 4 rings (SSSR count). The maximum absolute atomic E-state index is 12.4. The van der Waals surface area contributed by atoms with Crippen LogP contribution in [-0.4, -0.2) is 40.7 Å². The van der Waals surface area contributed by atoms with Gasteiger partial charge in [0.1, 0.15) is 5.01 Å². The molecule has 0 saturated carbocycles. The zero-order chi connectivity index (χ0) is 21.5. The van der Waals surface area contributed by atoms with Gasteiger partial charge in [-0.15, -0.1) is 23.1 Å². The molecular weight excluding hydrogens is 428 g/mol. The Morgan fingerprint density at radius 1 is 0.935 bits per heavy atom. The summed E-state index contributed by atoms with van der Waals surface area (Å²) in [4.78, 5) is 31.1. The Bertz CT molecular complexity index is 994. The molecule has 1 aliphatic rings. The molecule has 0 aliphatic carbocycles. The maximum atomic E-state index is 12.4. The molecule has 1 fully saturated rings. The number of rotatable bonds is 6. The van der Waals surface area contributed by atoms with Gasteiger partial charge in [-0.1, -0.05) is 25.0 Å². The van der Waals surface area contributed by atoms with E-state index < -0.39 is 0 Å². The monoisotopic (exact) mass is 454 g/mol. The Labute approximate surface area is 190 Å². The molecule has 0 atom stereocenters. The standard InChI is InChI=1S/C23H26N4O2S2/c28-21(15-30-16-22-26-19-7-3-4-8-20(19)31-22)24-17-9-11-18(12-10-17)25-23(29)27-13-5-1-2-6-14-27/h3-4,7-12H,1-2,5-6,13-16H2,(H,24,28)(H,25,29). The van der Waals surface area contributed by atoms with Gasteiger partial charge in [0.25, 0.3) is 0 Å². The predicted molar refractivity (Wildman–Crippen MR) is 130 cm³/mol. The number of para-hydroxylation sites is 1. The van der Waals surface area contributed by atoms with E-state index in [2.05, 4.69) is 21.7 Å². The Hall–Kier alpha value is -2.58. The van der Waals surface area contributed by atoms with E-state index in [1.54, 1.807) is 23.1 Å². The van der Waals surface area contributed by atoms with Gasteiger partial charge in [-0.25, -0.2) is 9.78 Å². The maximum Gasteiger partial charge on any atom is 0.321 e. The van der Waals surface area contributed by atoms with Gasteiger partial charge in [0.15, 0.2) is 0 Å². The summed E-state index contributed by atoms with van der Waals surface area (Å²) in [5.74, 6) is 1.03. The quantitative estimate of drug-likeness (QED) is 0.510. The number of anilines is 2. The third-order valence-corrected chi connectivity index (χ3v) is 7.27. The number of thioether (sulfide) groups is 1. The minimum absolute atomic E-state index is 0.0486. The van der Waals surface area contributed by atoms with Crippen molar-refractivity contribution in [3.8, 4) is 0 Å². The summed E-state index contributed by atoms with van der Waals surface area (Å²) in [6, 6.07) is 15.3. The lowest BCUT2D eigenvalue weighted by molar-refractivity contribution is -0.113. The number of likely N-dealkylation sites (tertiary alicyclic amines) is 1. The van der Waals surface area contributed by atoms with E-state index in [4.69, 9.17) is 0 Å². The molecule has 3 amide bonds. The molecule has 0 unspecified atom stereocenters. The molecule has 1 aliphatic heterocycles. The van der Waals surface area contributed by atoms with Crippen LogP contribution in [0, 0.1) is 0 Å². The van der Waals surface area contributed by atoms with E-state index >= 15 is 0 Å². The van der Waals surface area contributed by atoms with E-state index in [0.29, 0.717) is 11.5 Å². The van der Waals surface area contributed by atoms with Crippen LogP contribution in [0.1, 0.15) is 30.7 Å². The predicted octanol–water partition coefficient (Wildman–Crippen LogP) is 5.58. The van der Waals surface area contributed by atoms with Crippen molar-refractivity contribution in [2.24, 2.45) is 0 Å². The molecule has 31 heavy (non-hydrogen) atoms. The van der Waals surface area contributed by atoms with E-state index in [-0.39, 0.29) is 11.9 Å². The first-order valence-electron chi connectivity index (χ1n) is 10.6. The number of aromatic nitrogens is 1. The van der Waals surface area contributed by atoms with Crippen LogP contribution < -0.4 is 10.6 Å². The first-order chi connectivity index (χ1) is 15.2. The number of thiazole rings is 1. The van der Waals surface area contributed by atoms with Crippen molar-refractivity contribution in [1.82, 2.24) is 9.88 Å². The van der Waals surface area contributed by atoms with Crippen LogP contribution in [0.5, 0.6) is 0 Å². The lowest BCUT2D eigenvalue weighted by Gasteiger charge is -2.20. The van der Waals surface area contributed by atoms with Crippen LogP contribution in [0.3, 0.4) is 0 Å². The zero-order valence-corrected chi connectivity index (χ0v) is 18.9. The molecule has 0 bridgehead atoms. The highest BCUT2D eigenvalue weighted by Gasteiger charge is 2.15. The molecule has 1 saturated heterocycles. The third-order valence-electron chi connectivity index (χ3n) is 5.11. The van der Waals surface area contributed by atoms with Crippen LogP contribution >= 0.6 is 23.1 Å². The van der Waals surface area contributed by atoms with E-state index in [9.17, 15) is 9.59 Å². The number of nitrogens with one attached hydrogen (secondary N) is 2. The first-order valence-corrected chi connectivity index (χ1v) is 12.5. The van der Waals surface area contributed by atoms with Gasteiger partial charge in [0.05, 0.1) is 16.0 Å². The highest BCUT2D eigenvalue weighted by Crippen LogP contribution is 2.25. The number of hydrogen-bond donors (Lipinski definition) is 2. The Balaban J connectivity index is 1.21. The number of urea groups is 1. The molecule has 2 heterocycles. The lowest BCUT2D eigenvalue weighted by Crippen LogP contribution is -2.35. The molecule has 2 N–H and O–H groups in total. The van der Waals surface area contributed by atoms with Crippen molar-refractivity contribution >= 4 is 56.6 Å². The van der Waals surface area contributed by atoms with Crippen LogP contribution in [0.25, 0.3) is 10.2 Å². The smallest absolute Gasteiger partial charge is 0.321 e. The number of carbonyl (C=O) groups is 2. The fourth-order valence-electron chi connectivity index (χ4n) is 3.52. The Morgan fingerprint density at radius 3 is 2.32 bits per heavy atom. The van der Waals surface area contributed by atoms with Gasteiger partial charge in [-0.3, -0.25) is 4.79 Å². The fourth-order valence-corrected chi connectivity index (χ4v) is 5.37. The van der Waals surface area contributed by atoms with Gasteiger partial charge in [0.2, 0.25) is 5.91 Å². The minimum atomic E-state index is -0.0510. The fraction of sp³-hybridized carbons (Fsp3) is 0.348. The SMILES string of the molecule is O=C(CSCc1nc2ccccc2s1)Nc1ccc(NC(=O)N2CCCCCC2)cc1. The summed E-state index contributed by atoms with van der Waals surface area (Å²) in [6.07, 6.45) is 4.51. The summed E-state index contributed by atoms with van der Waals surface area (Å²) < 4.78 is 1.17. The summed E-state index contributed by atoms with van der Waals surface area (Å²) in [6.45, 7) is 1.63. The van der Waals surface area contributed by atoms with Gasteiger partial charge in [-0.05, 0) is 49.2 Å². The molecule has 0 radical (unpaired) electrons. The second kappa shape index (κ2) is 10.6. The zero-order valence-electron chi connectivity index (χ0n) is 17.3. The van der Waals surface area contributed by atoms with E-state index in [1.807, 2.05) is 47.4 Å². The van der Waals surface area contributed by atoms with Gasteiger partial charge in [0, 0.05) is 30.2 Å². The Kier molecular flexibility index (Phi) is 7.43. The normalized spacial score (nSPS) is 14.3. The summed E-state index contributed by atoms with van der Waals surface area (Å²) >= 11 is 3.22. The van der Waals surface area contributed by atoms with Crippen molar-refractivity contribution in [2.75, 3.05) is 29.5 Å². The summed E-state index contributed by atoms with van der Waals surface area (Å²) in [5.41, 5.74) is 2.46. The average molecular weight is 455 g/mol. The highest BCUT2D eigenvalue weighted by atomic mass is 32.2. The van der Waals surface area contributed by atoms with Crippen molar-refractivity contribution in [1.29, 1.82) is 0 Å². The van der Waals surface area contributed by atoms with Crippen LogP contribution in [0.4, 0.5) is 16.2 Å². The molecule has 3 aromatic rings. The average Bonchev–Trinajstić information content (AvgIpc) is 2.99. The second-order valence-electron chi connectivity index (χ2n) is 7.53. The topological polar surface area (TPSA) is 74.3 Å². The first kappa shape index (κ1) is 21.6. The molecule has 162 valence electrons. The number of hydrogen-bond acceptors (Lipinski definition) is 5. The van der Waals surface area contributed by atoms with Gasteiger partial charge in [-0.2, -0.15) is 0 Å². The van der Waals surface area contributed by atoms with Crippen LogP contribution in [-0.2, 0) is 10.5 Å². The largest absolute Gasteiger partial charge is 0.325 e. The number of benzene rings is 2.